The Balaban J connectivity index is 0.00000110. The fourth-order valence-electron chi connectivity index (χ4n) is 2.33. The van der Waals surface area contributed by atoms with E-state index in [4.69, 9.17) is 4.98 Å². The third kappa shape index (κ3) is 5.15. The van der Waals surface area contributed by atoms with Crippen molar-refractivity contribution in [3.63, 3.8) is 0 Å². The summed E-state index contributed by atoms with van der Waals surface area (Å²) in [4.78, 5) is 7.15. The smallest absolute Gasteiger partial charge is 0.185 e. The first-order valence-electron chi connectivity index (χ1n) is 6.86. The van der Waals surface area contributed by atoms with Crippen LogP contribution < -0.4 is 10.2 Å². The van der Waals surface area contributed by atoms with Crippen molar-refractivity contribution < 1.29 is 0 Å². The quantitative estimate of drug-likeness (QED) is 0.922. The van der Waals surface area contributed by atoms with Crippen LogP contribution in [0.15, 0.2) is 35.7 Å². The summed E-state index contributed by atoms with van der Waals surface area (Å²) in [7, 11) is 0. The highest BCUT2D eigenvalue weighted by Crippen LogP contribution is 2.21. The predicted molar refractivity (Wildman–Crippen MR) is 95.5 cm³/mol. The second kappa shape index (κ2) is 9.26. The third-order valence-corrected chi connectivity index (χ3v) is 4.39. The second-order valence-corrected chi connectivity index (χ2v) is 5.68. The molecule has 1 aliphatic heterocycles. The maximum Gasteiger partial charge on any atom is 0.185 e. The van der Waals surface area contributed by atoms with Gasteiger partial charge in [-0.2, -0.15) is 0 Å². The summed E-state index contributed by atoms with van der Waals surface area (Å²) in [6.07, 6.45) is 2.11. The maximum atomic E-state index is 4.77. The summed E-state index contributed by atoms with van der Waals surface area (Å²) in [5.41, 5.74) is 2.61. The molecule has 0 unspecified atom stereocenters. The molecule has 116 valence electrons. The molecular formula is C15H21Cl2N3S. The van der Waals surface area contributed by atoms with Gasteiger partial charge in [-0.05, 0) is 18.4 Å². The molecule has 1 aromatic heterocycles. The zero-order valence-electron chi connectivity index (χ0n) is 11.8. The van der Waals surface area contributed by atoms with Gasteiger partial charge in [-0.1, -0.05) is 30.3 Å². The Morgan fingerprint density at radius 3 is 2.48 bits per heavy atom. The number of piperazine rings is 1. The van der Waals surface area contributed by atoms with Crippen LogP contribution in [-0.2, 0) is 12.8 Å². The number of rotatable bonds is 4. The first-order valence-corrected chi connectivity index (χ1v) is 7.74. The van der Waals surface area contributed by atoms with Crippen molar-refractivity contribution in [1.82, 2.24) is 10.3 Å². The first kappa shape index (κ1) is 18.2. The molecule has 0 atom stereocenters. The molecule has 0 saturated carbocycles. The molecule has 1 fully saturated rings. The van der Waals surface area contributed by atoms with Gasteiger partial charge >= 0.3 is 0 Å². The number of aromatic nitrogens is 1. The number of aryl methyl sites for hydroxylation is 2. The van der Waals surface area contributed by atoms with Crippen LogP contribution in [0.5, 0.6) is 0 Å². The topological polar surface area (TPSA) is 28.2 Å². The predicted octanol–water partition coefficient (Wildman–Crippen LogP) is 3.18. The minimum Gasteiger partial charge on any atom is -0.346 e. The minimum atomic E-state index is 0. The lowest BCUT2D eigenvalue weighted by atomic mass is 10.1. The number of thiazole rings is 1. The average molecular weight is 346 g/mol. The Kier molecular flexibility index (Phi) is 8.04. The molecule has 1 N–H and O–H groups in total. The van der Waals surface area contributed by atoms with Gasteiger partial charge in [-0.25, -0.2) is 4.98 Å². The number of anilines is 1. The standard InChI is InChI=1S/C15H19N3S.2ClH/c1-2-4-13(5-3-1)6-7-14-12-19-15(17-14)18-10-8-16-9-11-18;;/h1-5,12,16H,6-11H2;2*1H. The fourth-order valence-corrected chi connectivity index (χ4v) is 3.24. The molecule has 3 nitrogen and oxygen atoms in total. The number of benzene rings is 1. The fraction of sp³-hybridized carbons (Fsp3) is 0.400. The van der Waals surface area contributed by atoms with Gasteiger partial charge < -0.3 is 10.2 Å². The Hall–Kier alpha value is -0.810. The Labute approximate surface area is 142 Å². The molecular weight excluding hydrogens is 325 g/mol. The zero-order chi connectivity index (χ0) is 12.9. The van der Waals surface area contributed by atoms with Gasteiger partial charge in [0, 0.05) is 31.6 Å². The van der Waals surface area contributed by atoms with Crippen molar-refractivity contribution in [2.45, 2.75) is 12.8 Å². The van der Waals surface area contributed by atoms with Crippen LogP contribution in [0.25, 0.3) is 0 Å². The van der Waals surface area contributed by atoms with Gasteiger partial charge in [0.2, 0.25) is 0 Å². The molecule has 0 aliphatic carbocycles. The number of halogens is 2. The van der Waals surface area contributed by atoms with Gasteiger partial charge in [-0.15, -0.1) is 36.2 Å². The van der Waals surface area contributed by atoms with Crippen LogP contribution >= 0.6 is 36.2 Å². The molecule has 0 spiro atoms. The van der Waals surface area contributed by atoms with Crippen molar-refractivity contribution in [3.05, 3.63) is 47.0 Å². The normalized spacial score (nSPS) is 14.2. The molecule has 0 radical (unpaired) electrons. The van der Waals surface area contributed by atoms with Crippen molar-refractivity contribution in [2.24, 2.45) is 0 Å². The largest absolute Gasteiger partial charge is 0.346 e. The summed E-state index contributed by atoms with van der Waals surface area (Å²) >= 11 is 1.78. The van der Waals surface area contributed by atoms with Gasteiger partial charge in [0.1, 0.15) is 0 Å². The molecule has 6 heteroatoms. The summed E-state index contributed by atoms with van der Waals surface area (Å²) in [5, 5.41) is 6.77. The number of nitrogens with zero attached hydrogens (tertiary/aromatic N) is 2. The summed E-state index contributed by atoms with van der Waals surface area (Å²) in [5.74, 6) is 0. The summed E-state index contributed by atoms with van der Waals surface area (Å²) in [6, 6.07) is 10.6. The SMILES string of the molecule is Cl.Cl.c1ccc(CCc2csc(N3CCNCC3)n2)cc1. The van der Waals surface area contributed by atoms with Crippen LogP contribution in [-0.4, -0.2) is 31.2 Å². The van der Waals surface area contributed by atoms with E-state index < -0.39 is 0 Å². The Bertz CT molecular complexity index is 513. The maximum absolute atomic E-state index is 4.77. The van der Waals surface area contributed by atoms with E-state index in [1.54, 1.807) is 11.3 Å². The lowest BCUT2D eigenvalue weighted by molar-refractivity contribution is 0.588. The molecule has 1 saturated heterocycles. The molecule has 1 aliphatic rings. The van der Waals surface area contributed by atoms with Crippen LogP contribution in [0, 0.1) is 0 Å². The molecule has 2 aromatic rings. The third-order valence-electron chi connectivity index (χ3n) is 3.44. The monoisotopic (exact) mass is 345 g/mol. The highest BCUT2D eigenvalue weighted by atomic mass is 35.5. The molecule has 21 heavy (non-hydrogen) atoms. The molecule has 0 amide bonds. The Morgan fingerprint density at radius 1 is 1.05 bits per heavy atom. The van der Waals surface area contributed by atoms with E-state index in [1.165, 1.54) is 16.4 Å². The van der Waals surface area contributed by atoms with Crippen molar-refractivity contribution in [3.8, 4) is 0 Å². The van der Waals surface area contributed by atoms with Crippen molar-refractivity contribution >= 4 is 41.3 Å². The second-order valence-electron chi connectivity index (χ2n) is 4.84. The van der Waals surface area contributed by atoms with E-state index in [0.717, 1.165) is 39.0 Å². The summed E-state index contributed by atoms with van der Waals surface area (Å²) in [6.45, 7) is 4.29. The lowest BCUT2D eigenvalue weighted by Gasteiger charge is -2.26. The molecule has 3 rings (SSSR count). The van der Waals surface area contributed by atoms with Crippen molar-refractivity contribution in [2.75, 3.05) is 31.1 Å². The van der Waals surface area contributed by atoms with E-state index in [0.29, 0.717) is 0 Å². The van der Waals surface area contributed by atoms with E-state index in [1.807, 2.05) is 0 Å². The number of hydrogen-bond acceptors (Lipinski definition) is 4. The van der Waals surface area contributed by atoms with Crippen LogP contribution in [0.2, 0.25) is 0 Å². The van der Waals surface area contributed by atoms with E-state index in [-0.39, 0.29) is 24.8 Å². The minimum absolute atomic E-state index is 0. The summed E-state index contributed by atoms with van der Waals surface area (Å²) < 4.78 is 0. The van der Waals surface area contributed by atoms with Crippen molar-refractivity contribution in [1.29, 1.82) is 0 Å². The zero-order valence-corrected chi connectivity index (χ0v) is 14.3. The van der Waals surface area contributed by atoms with Crippen LogP contribution in [0.4, 0.5) is 5.13 Å². The highest BCUT2D eigenvalue weighted by Gasteiger charge is 2.13. The van der Waals surface area contributed by atoms with E-state index in [9.17, 15) is 0 Å². The van der Waals surface area contributed by atoms with Crippen LogP contribution in [0.3, 0.4) is 0 Å². The number of hydrogen-bond donors (Lipinski definition) is 1. The van der Waals surface area contributed by atoms with E-state index in [2.05, 4.69) is 45.9 Å². The average Bonchev–Trinajstić information content (AvgIpc) is 2.96. The molecule has 1 aromatic carbocycles. The highest BCUT2D eigenvalue weighted by molar-refractivity contribution is 7.13. The number of nitrogens with one attached hydrogen (secondary N) is 1. The van der Waals surface area contributed by atoms with Gasteiger partial charge in [0.25, 0.3) is 0 Å². The van der Waals surface area contributed by atoms with E-state index >= 15 is 0 Å². The van der Waals surface area contributed by atoms with Gasteiger partial charge in [0.05, 0.1) is 5.69 Å². The van der Waals surface area contributed by atoms with Gasteiger partial charge in [0.15, 0.2) is 5.13 Å². The Morgan fingerprint density at radius 2 is 1.76 bits per heavy atom. The first-order chi connectivity index (χ1) is 9.42. The van der Waals surface area contributed by atoms with Gasteiger partial charge in [-0.3, -0.25) is 0 Å². The van der Waals surface area contributed by atoms with Crippen LogP contribution in [0.1, 0.15) is 11.3 Å². The molecule has 2 heterocycles. The lowest BCUT2D eigenvalue weighted by Crippen LogP contribution is -2.43. The molecule has 0 bridgehead atoms.